The molecule has 6 heteroatoms. The maximum Gasteiger partial charge on any atom is 0.407 e. The van der Waals surface area contributed by atoms with Crippen LogP contribution in [0.5, 0.6) is 0 Å². The Bertz CT molecular complexity index is 359. The molecule has 1 aliphatic rings. The molecule has 2 atom stereocenters. The summed E-state index contributed by atoms with van der Waals surface area (Å²) in [5.74, 6) is -0.325. The fraction of sp³-hybridized carbons (Fsp3) is 0.692. The number of nitrogens with one attached hydrogen (secondary N) is 1. The summed E-state index contributed by atoms with van der Waals surface area (Å²) in [6.07, 6.45) is 3.08. The Morgan fingerprint density at radius 3 is 2.74 bits per heavy atom. The summed E-state index contributed by atoms with van der Waals surface area (Å²) >= 11 is 1.34. The summed E-state index contributed by atoms with van der Waals surface area (Å²) in [4.78, 5) is 23.5. The molecule has 0 fully saturated rings. The van der Waals surface area contributed by atoms with Gasteiger partial charge in [0.2, 0.25) is 0 Å². The van der Waals surface area contributed by atoms with Gasteiger partial charge in [-0.2, -0.15) is 0 Å². The van der Waals surface area contributed by atoms with Gasteiger partial charge in [0, 0.05) is 0 Å². The third kappa shape index (κ3) is 4.45. The molecule has 0 aromatic carbocycles. The van der Waals surface area contributed by atoms with Crippen molar-refractivity contribution in [3.63, 3.8) is 0 Å². The summed E-state index contributed by atoms with van der Waals surface area (Å²) in [5, 5.41) is 4.07. The number of hydrogen-bond donors (Lipinski definition) is 1. The Kier molecular flexibility index (Phi) is 6.21. The van der Waals surface area contributed by atoms with Gasteiger partial charge in [-0.25, -0.2) is 4.79 Å². The van der Waals surface area contributed by atoms with Crippen molar-refractivity contribution in [2.24, 2.45) is 0 Å². The SMILES string of the molecule is CCCCOC(=O)NC1(C)C=CSC1C(=O)OCC. The molecule has 0 aliphatic carbocycles. The zero-order valence-electron chi connectivity index (χ0n) is 11.6. The lowest BCUT2D eigenvalue weighted by atomic mass is 9.98. The van der Waals surface area contributed by atoms with Gasteiger partial charge < -0.3 is 14.8 Å². The summed E-state index contributed by atoms with van der Waals surface area (Å²) in [6.45, 7) is 6.28. The van der Waals surface area contributed by atoms with Crippen molar-refractivity contribution in [3.05, 3.63) is 11.5 Å². The van der Waals surface area contributed by atoms with Crippen LogP contribution < -0.4 is 5.32 Å². The Morgan fingerprint density at radius 1 is 1.37 bits per heavy atom. The molecule has 1 rings (SSSR count). The number of ether oxygens (including phenoxy) is 2. The van der Waals surface area contributed by atoms with E-state index in [9.17, 15) is 9.59 Å². The van der Waals surface area contributed by atoms with E-state index in [1.807, 2.05) is 6.92 Å². The van der Waals surface area contributed by atoms with Crippen LogP contribution in [0.4, 0.5) is 4.79 Å². The van der Waals surface area contributed by atoms with E-state index in [0.29, 0.717) is 13.2 Å². The topological polar surface area (TPSA) is 64.6 Å². The number of rotatable bonds is 6. The van der Waals surface area contributed by atoms with Crippen LogP contribution in [-0.2, 0) is 14.3 Å². The monoisotopic (exact) mass is 287 g/mol. The molecule has 2 unspecified atom stereocenters. The predicted molar refractivity (Wildman–Crippen MR) is 74.9 cm³/mol. The first-order chi connectivity index (χ1) is 9.03. The predicted octanol–water partition coefficient (Wildman–Crippen LogP) is 2.46. The highest BCUT2D eigenvalue weighted by Gasteiger charge is 2.43. The Morgan fingerprint density at radius 2 is 2.11 bits per heavy atom. The van der Waals surface area contributed by atoms with Gasteiger partial charge in [0.1, 0.15) is 5.25 Å². The Hall–Kier alpha value is -1.17. The lowest BCUT2D eigenvalue weighted by Crippen LogP contribution is -2.53. The van der Waals surface area contributed by atoms with E-state index in [0.717, 1.165) is 12.8 Å². The van der Waals surface area contributed by atoms with E-state index in [4.69, 9.17) is 9.47 Å². The molecule has 0 saturated heterocycles. The van der Waals surface area contributed by atoms with Crippen molar-refractivity contribution in [1.82, 2.24) is 5.32 Å². The van der Waals surface area contributed by atoms with E-state index in [2.05, 4.69) is 5.32 Å². The highest BCUT2D eigenvalue weighted by atomic mass is 32.2. The molecule has 0 aromatic rings. The van der Waals surface area contributed by atoms with E-state index >= 15 is 0 Å². The first kappa shape index (κ1) is 15.9. The fourth-order valence-corrected chi connectivity index (χ4v) is 2.80. The van der Waals surface area contributed by atoms with Crippen molar-refractivity contribution < 1.29 is 19.1 Å². The van der Waals surface area contributed by atoms with Gasteiger partial charge in [-0.3, -0.25) is 4.79 Å². The summed E-state index contributed by atoms with van der Waals surface area (Å²) < 4.78 is 10.1. The van der Waals surface area contributed by atoms with Gasteiger partial charge in [-0.15, -0.1) is 11.8 Å². The average molecular weight is 287 g/mol. The summed E-state index contributed by atoms with van der Waals surface area (Å²) in [7, 11) is 0. The number of thioether (sulfide) groups is 1. The van der Waals surface area contributed by atoms with Crippen LogP contribution in [0.2, 0.25) is 0 Å². The van der Waals surface area contributed by atoms with Gasteiger partial charge in [-0.1, -0.05) is 19.4 Å². The first-order valence-electron chi connectivity index (χ1n) is 6.48. The highest BCUT2D eigenvalue weighted by Crippen LogP contribution is 2.34. The van der Waals surface area contributed by atoms with Crippen LogP contribution in [0.3, 0.4) is 0 Å². The van der Waals surface area contributed by atoms with Gasteiger partial charge in [0.25, 0.3) is 0 Å². The Labute approximate surface area is 118 Å². The molecule has 1 N–H and O–H groups in total. The van der Waals surface area contributed by atoms with Crippen LogP contribution in [0.15, 0.2) is 11.5 Å². The molecule has 0 radical (unpaired) electrons. The highest BCUT2D eigenvalue weighted by molar-refractivity contribution is 8.03. The smallest absolute Gasteiger partial charge is 0.407 e. The van der Waals surface area contributed by atoms with Crippen LogP contribution in [0, 0.1) is 0 Å². The molecule has 0 bridgehead atoms. The lowest BCUT2D eigenvalue weighted by Gasteiger charge is -2.29. The summed E-state index contributed by atoms with van der Waals surface area (Å²) in [5.41, 5.74) is -0.764. The van der Waals surface area contributed by atoms with E-state index in [1.165, 1.54) is 11.8 Å². The number of hydrogen-bond acceptors (Lipinski definition) is 5. The minimum atomic E-state index is -0.764. The van der Waals surface area contributed by atoms with Crippen LogP contribution >= 0.6 is 11.8 Å². The quantitative estimate of drug-likeness (QED) is 0.600. The largest absolute Gasteiger partial charge is 0.465 e. The zero-order valence-corrected chi connectivity index (χ0v) is 12.4. The first-order valence-corrected chi connectivity index (χ1v) is 7.42. The van der Waals surface area contributed by atoms with Crippen LogP contribution in [-0.4, -0.2) is 36.1 Å². The number of esters is 1. The van der Waals surface area contributed by atoms with Crippen molar-refractivity contribution in [1.29, 1.82) is 0 Å². The third-order valence-electron chi connectivity index (χ3n) is 2.78. The molecule has 0 spiro atoms. The molecule has 5 nitrogen and oxygen atoms in total. The van der Waals surface area contributed by atoms with Gasteiger partial charge in [0.05, 0.1) is 18.8 Å². The molecule has 0 saturated carbocycles. The van der Waals surface area contributed by atoms with Crippen molar-refractivity contribution in [2.75, 3.05) is 13.2 Å². The average Bonchev–Trinajstić information content (AvgIpc) is 2.71. The van der Waals surface area contributed by atoms with Gasteiger partial charge in [0.15, 0.2) is 0 Å². The number of unbranched alkanes of at least 4 members (excludes halogenated alkanes) is 1. The molecule has 1 amide bonds. The second-order valence-corrected chi connectivity index (χ2v) is 5.48. The standard InChI is InChI=1S/C13H21NO4S/c1-4-6-8-18-12(16)14-13(3)7-9-19-10(13)11(15)17-5-2/h7,9-10H,4-6,8H2,1-3H3,(H,14,16). The van der Waals surface area contributed by atoms with Crippen LogP contribution in [0.25, 0.3) is 0 Å². The van der Waals surface area contributed by atoms with E-state index in [1.54, 1.807) is 25.3 Å². The minimum Gasteiger partial charge on any atom is -0.465 e. The maximum atomic E-state index is 11.8. The molecule has 108 valence electrons. The lowest BCUT2D eigenvalue weighted by molar-refractivity contribution is -0.143. The molecular formula is C13H21NO4S. The second-order valence-electron chi connectivity index (χ2n) is 4.47. The minimum absolute atomic E-state index is 0.325. The third-order valence-corrected chi connectivity index (χ3v) is 4.02. The Balaban J connectivity index is 2.55. The van der Waals surface area contributed by atoms with Crippen molar-refractivity contribution >= 4 is 23.8 Å². The molecule has 1 heterocycles. The van der Waals surface area contributed by atoms with E-state index in [-0.39, 0.29) is 5.97 Å². The molecular weight excluding hydrogens is 266 g/mol. The molecule has 19 heavy (non-hydrogen) atoms. The van der Waals surface area contributed by atoms with Crippen molar-refractivity contribution in [2.45, 2.75) is 44.4 Å². The van der Waals surface area contributed by atoms with Crippen molar-refractivity contribution in [3.8, 4) is 0 Å². The molecule has 1 aliphatic heterocycles. The second kappa shape index (κ2) is 7.43. The number of amides is 1. The zero-order chi connectivity index (χ0) is 14.3. The van der Waals surface area contributed by atoms with Gasteiger partial charge in [-0.05, 0) is 25.7 Å². The number of alkyl carbamates (subject to hydrolysis) is 1. The maximum absolute atomic E-state index is 11.8. The molecule has 0 aromatic heterocycles. The fourth-order valence-electron chi connectivity index (χ4n) is 1.68. The normalized spacial score (nSPS) is 25.1. The van der Waals surface area contributed by atoms with E-state index < -0.39 is 16.9 Å². The van der Waals surface area contributed by atoms with Gasteiger partial charge >= 0.3 is 12.1 Å². The van der Waals surface area contributed by atoms with Crippen LogP contribution in [0.1, 0.15) is 33.6 Å². The summed E-state index contributed by atoms with van der Waals surface area (Å²) in [6, 6.07) is 0. The number of carbonyl (C=O) groups excluding carboxylic acids is 2. The number of carbonyl (C=O) groups is 2.